The van der Waals surface area contributed by atoms with Gasteiger partial charge in [-0.05, 0) is 19.1 Å². The Morgan fingerprint density at radius 3 is 2.67 bits per heavy atom. The second-order valence-electron chi connectivity index (χ2n) is 5.56. The lowest BCUT2D eigenvalue weighted by atomic mass is 9.84. The fraction of sp³-hybridized carbons (Fsp3) is 0.357. The summed E-state index contributed by atoms with van der Waals surface area (Å²) in [4.78, 5) is 38.0. The summed E-state index contributed by atoms with van der Waals surface area (Å²) in [6.45, 7) is 1.89. The van der Waals surface area contributed by atoms with Crippen molar-refractivity contribution in [3.8, 4) is 0 Å². The van der Waals surface area contributed by atoms with Crippen molar-refractivity contribution in [3.05, 3.63) is 29.3 Å². The fourth-order valence-corrected chi connectivity index (χ4v) is 2.66. The fourth-order valence-electron chi connectivity index (χ4n) is 2.66. The molecule has 7 heteroatoms. The summed E-state index contributed by atoms with van der Waals surface area (Å²) < 4.78 is 5.20. The number of carbonyl (C=O) groups is 3. The summed E-state index contributed by atoms with van der Waals surface area (Å²) >= 11 is 0. The number of nitrogens with zero attached hydrogens (tertiary/aromatic N) is 1. The molecule has 7 nitrogen and oxygen atoms in total. The molecule has 1 saturated heterocycles. The highest BCUT2D eigenvalue weighted by atomic mass is 16.5. The molecule has 3 amide bonds. The minimum atomic E-state index is -1.10. The molecule has 0 aromatic heterocycles. The first-order valence-corrected chi connectivity index (χ1v) is 6.53. The minimum absolute atomic E-state index is 0.0759. The molecule has 1 aromatic carbocycles. The Morgan fingerprint density at radius 1 is 1.38 bits per heavy atom. The van der Waals surface area contributed by atoms with Crippen molar-refractivity contribution >= 4 is 23.4 Å². The number of rotatable bonds is 1. The first-order valence-electron chi connectivity index (χ1n) is 6.53. The largest absolute Gasteiger partial charge is 0.398 e. The molecule has 0 spiro atoms. The number of hydrogen-bond acceptors (Lipinski definition) is 6. The van der Waals surface area contributed by atoms with E-state index in [4.69, 9.17) is 16.2 Å². The third-order valence-electron chi connectivity index (χ3n) is 4.16. The van der Waals surface area contributed by atoms with Gasteiger partial charge in [0.2, 0.25) is 5.91 Å². The van der Waals surface area contributed by atoms with Crippen LogP contribution < -0.4 is 11.5 Å². The first-order chi connectivity index (χ1) is 9.88. The molecule has 4 N–H and O–H groups in total. The van der Waals surface area contributed by atoms with Crippen LogP contribution in [0.5, 0.6) is 0 Å². The van der Waals surface area contributed by atoms with E-state index in [-0.39, 0.29) is 30.0 Å². The molecule has 2 atom stereocenters. The average Bonchev–Trinajstić information content (AvgIpc) is 2.91. The number of carbonyl (C=O) groups excluding carboxylic acids is 3. The standard InChI is InChI=1S/C14H15N3O4/c1-14(6-21-5-9(14)16)13(20)17-11(18)7-3-2-4-8(15)10(7)12(17)19/h2-4,9H,5-6,15-16H2,1H3. The number of amides is 3. The van der Waals surface area contributed by atoms with E-state index in [1.165, 1.54) is 12.1 Å². The summed E-state index contributed by atoms with van der Waals surface area (Å²) in [5.74, 6) is -2.00. The molecule has 1 fully saturated rings. The molecule has 3 rings (SSSR count). The van der Waals surface area contributed by atoms with Crippen LogP contribution >= 0.6 is 0 Å². The van der Waals surface area contributed by atoms with Crippen molar-refractivity contribution < 1.29 is 19.1 Å². The maximum absolute atomic E-state index is 12.7. The second-order valence-corrected chi connectivity index (χ2v) is 5.56. The average molecular weight is 289 g/mol. The van der Waals surface area contributed by atoms with Gasteiger partial charge in [-0.15, -0.1) is 0 Å². The van der Waals surface area contributed by atoms with Crippen molar-refractivity contribution in [3.63, 3.8) is 0 Å². The van der Waals surface area contributed by atoms with E-state index in [0.29, 0.717) is 4.90 Å². The Labute approximate surface area is 120 Å². The SMILES string of the molecule is CC1(C(=O)N2C(=O)c3cccc(N)c3C2=O)COCC1N. The van der Waals surface area contributed by atoms with Gasteiger partial charge in [-0.25, -0.2) is 4.90 Å². The van der Waals surface area contributed by atoms with Crippen LogP contribution in [-0.4, -0.2) is 41.9 Å². The zero-order valence-corrected chi connectivity index (χ0v) is 11.5. The number of anilines is 1. The van der Waals surface area contributed by atoms with Gasteiger partial charge in [-0.1, -0.05) is 6.07 Å². The molecule has 0 radical (unpaired) electrons. The maximum atomic E-state index is 12.7. The molecule has 2 heterocycles. The third kappa shape index (κ3) is 1.71. The molecule has 0 saturated carbocycles. The molecule has 2 aliphatic rings. The van der Waals surface area contributed by atoms with Crippen LogP contribution in [0.15, 0.2) is 18.2 Å². The molecule has 1 aromatic rings. The molecular weight excluding hydrogens is 274 g/mol. The first kappa shape index (κ1) is 13.7. The highest BCUT2D eigenvalue weighted by Crippen LogP contribution is 2.34. The lowest BCUT2D eigenvalue weighted by molar-refractivity contribution is -0.136. The monoisotopic (exact) mass is 289 g/mol. The maximum Gasteiger partial charge on any atom is 0.270 e. The highest BCUT2D eigenvalue weighted by Gasteiger charge is 2.52. The summed E-state index contributed by atoms with van der Waals surface area (Å²) in [6.07, 6.45) is 0. The van der Waals surface area contributed by atoms with E-state index in [1.54, 1.807) is 13.0 Å². The number of benzene rings is 1. The van der Waals surface area contributed by atoms with E-state index in [1.807, 2.05) is 0 Å². The second kappa shape index (κ2) is 4.37. The van der Waals surface area contributed by atoms with Gasteiger partial charge in [0, 0.05) is 11.7 Å². The number of imide groups is 3. The Kier molecular flexibility index (Phi) is 2.86. The van der Waals surface area contributed by atoms with Crippen LogP contribution in [-0.2, 0) is 9.53 Å². The minimum Gasteiger partial charge on any atom is -0.398 e. The molecular formula is C14H15N3O4. The molecule has 2 unspecified atom stereocenters. The highest BCUT2D eigenvalue weighted by molar-refractivity contribution is 6.31. The Bertz CT molecular complexity index is 672. The van der Waals surface area contributed by atoms with Gasteiger partial charge in [-0.2, -0.15) is 0 Å². The van der Waals surface area contributed by atoms with Gasteiger partial charge in [0.15, 0.2) is 0 Å². The molecule has 2 aliphatic heterocycles. The van der Waals surface area contributed by atoms with E-state index < -0.39 is 29.2 Å². The van der Waals surface area contributed by atoms with E-state index in [2.05, 4.69) is 0 Å². The number of nitrogen functional groups attached to an aromatic ring is 1. The lowest BCUT2D eigenvalue weighted by Gasteiger charge is -2.28. The van der Waals surface area contributed by atoms with Crippen molar-refractivity contribution in [2.75, 3.05) is 18.9 Å². The summed E-state index contributed by atoms with van der Waals surface area (Å²) in [5.41, 5.74) is 10.9. The van der Waals surface area contributed by atoms with Crippen LogP contribution in [0.2, 0.25) is 0 Å². The van der Waals surface area contributed by atoms with Gasteiger partial charge in [0.1, 0.15) is 0 Å². The van der Waals surface area contributed by atoms with Crippen molar-refractivity contribution in [2.24, 2.45) is 11.1 Å². The zero-order valence-electron chi connectivity index (χ0n) is 11.5. The van der Waals surface area contributed by atoms with Gasteiger partial charge in [-0.3, -0.25) is 14.4 Å². The van der Waals surface area contributed by atoms with E-state index in [9.17, 15) is 14.4 Å². The molecule has 0 bridgehead atoms. The zero-order chi connectivity index (χ0) is 15.4. The smallest absolute Gasteiger partial charge is 0.270 e. The van der Waals surface area contributed by atoms with E-state index >= 15 is 0 Å². The van der Waals surface area contributed by atoms with Gasteiger partial charge in [0.25, 0.3) is 11.8 Å². The van der Waals surface area contributed by atoms with Crippen molar-refractivity contribution in [1.29, 1.82) is 0 Å². The van der Waals surface area contributed by atoms with Crippen LogP contribution in [0.4, 0.5) is 5.69 Å². The van der Waals surface area contributed by atoms with Crippen LogP contribution in [0.3, 0.4) is 0 Å². The van der Waals surface area contributed by atoms with Crippen LogP contribution in [0.1, 0.15) is 27.6 Å². The predicted octanol–water partition coefficient (Wildman–Crippen LogP) is -0.245. The number of ether oxygens (including phenoxy) is 1. The summed E-state index contributed by atoms with van der Waals surface area (Å²) in [5, 5.41) is 0. The van der Waals surface area contributed by atoms with Crippen molar-refractivity contribution in [1.82, 2.24) is 4.90 Å². The van der Waals surface area contributed by atoms with Gasteiger partial charge < -0.3 is 16.2 Å². The number of hydrogen-bond donors (Lipinski definition) is 2. The van der Waals surface area contributed by atoms with Crippen LogP contribution in [0.25, 0.3) is 0 Å². The Balaban J connectivity index is 2.03. The topological polar surface area (TPSA) is 116 Å². The summed E-state index contributed by atoms with van der Waals surface area (Å²) in [7, 11) is 0. The number of fused-ring (bicyclic) bond motifs is 1. The normalized spacial score (nSPS) is 28.1. The molecule has 110 valence electrons. The predicted molar refractivity (Wildman–Crippen MR) is 73.3 cm³/mol. The van der Waals surface area contributed by atoms with Crippen molar-refractivity contribution in [2.45, 2.75) is 13.0 Å². The lowest BCUT2D eigenvalue weighted by Crippen LogP contribution is -2.53. The molecule has 21 heavy (non-hydrogen) atoms. The van der Waals surface area contributed by atoms with Crippen LogP contribution in [0, 0.1) is 5.41 Å². The quantitative estimate of drug-likeness (QED) is 0.544. The van der Waals surface area contributed by atoms with Gasteiger partial charge >= 0.3 is 0 Å². The van der Waals surface area contributed by atoms with E-state index in [0.717, 1.165) is 0 Å². The third-order valence-corrected chi connectivity index (χ3v) is 4.16. The Hall–Kier alpha value is -2.25. The summed E-state index contributed by atoms with van der Waals surface area (Å²) in [6, 6.07) is 4.00. The Morgan fingerprint density at radius 2 is 2.10 bits per heavy atom. The number of nitrogens with two attached hydrogens (primary N) is 2. The van der Waals surface area contributed by atoms with Gasteiger partial charge in [0.05, 0.1) is 29.8 Å². The molecule has 0 aliphatic carbocycles.